The maximum atomic E-state index is 11.8. The van der Waals surface area contributed by atoms with Crippen LogP contribution in [0.25, 0.3) is 0 Å². The average Bonchev–Trinajstić information content (AvgIpc) is 2.33. The van der Waals surface area contributed by atoms with Crippen LogP contribution < -0.4 is 0 Å². The first-order chi connectivity index (χ1) is 9.84. The predicted octanol–water partition coefficient (Wildman–Crippen LogP) is 5.32. The third-order valence-electron chi connectivity index (χ3n) is 3.50. The molecule has 0 aliphatic rings. The molecule has 0 unspecified atom stereocenters. The highest BCUT2D eigenvalue weighted by atomic mass is 32.2. The number of rotatable bonds is 3. The molecule has 0 spiro atoms. The van der Waals surface area contributed by atoms with Gasteiger partial charge in [-0.2, -0.15) is 0 Å². The van der Waals surface area contributed by atoms with Crippen molar-refractivity contribution in [3.05, 3.63) is 41.0 Å². The molecule has 1 aromatic carbocycles. The van der Waals surface area contributed by atoms with E-state index in [0.717, 1.165) is 16.7 Å². The SMILES string of the molecule is C=C(C)C(=O)SCc1cc(C(C)(C)C)c(O)c(C(C)(C)C)c1. The summed E-state index contributed by atoms with van der Waals surface area (Å²) >= 11 is 1.26. The zero-order valence-electron chi connectivity index (χ0n) is 14.8. The molecule has 1 aromatic rings. The van der Waals surface area contributed by atoms with E-state index in [-0.39, 0.29) is 15.9 Å². The number of phenolic OH excluding ortho intramolecular Hbond substituents is 1. The Kier molecular flexibility index (Phi) is 5.56. The van der Waals surface area contributed by atoms with Crippen molar-refractivity contribution in [1.29, 1.82) is 0 Å². The second kappa shape index (κ2) is 6.49. The first-order valence-corrected chi connectivity index (χ1v) is 8.52. The average molecular weight is 320 g/mol. The molecular weight excluding hydrogens is 292 g/mol. The van der Waals surface area contributed by atoms with Gasteiger partial charge in [-0.3, -0.25) is 4.79 Å². The van der Waals surface area contributed by atoms with Crippen molar-refractivity contribution in [1.82, 2.24) is 0 Å². The molecule has 0 aromatic heterocycles. The Morgan fingerprint density at radius 3 is 1.82 bits per heavy atom. The van der Waals surface area contributed by atoms with Crippen LogP contribution in [0.1, 0.15) is 65.2 Å². The molecule has 0 atom stereocenters. The smallest absolute Gasteiger partial charge is 0.214 e. The standard InChI is InChI=1S/C19H28O2S/c1-12(2)17(21)22-11-13-9-14(18(3,4)5)16(20)15(10-13)19(6,7)8/h9-10,20H,1,11H2,2-8H3. The first kappa shape index (κ1) is 18.8. The molecule has 0 aliphatic carbocycles. The predicted molar refractivity (Wildman–Crippen MR) is 96.6 cm³/mol. The van der Waals surface area contributed by atoms with Gasteiger partial charge in [-0.1, -0.05) is 72.0 Å². The number of carbonyl (C=O) groups is 1. The third-order valence-corrected chi connectivity index (χ3v) is 4.59. The number of hydrogen-bond donors (Lipinski definition) is 1. The zero-order chi connectivity index (χ0) is 17.3. The van der Waals surface area contributed by atoms with Crippen molar-refractivity contribution in [3.8, 4) is 5.75 Å². The number of hydrogen-bond acceptors (Lipinski definition) is 3. The highest BCUT2D eigenvalue weighted by molar-refractivity contribution is 8.13. The van der Waals surface area contributed by atoms with E-state index in [2.05, 4.69) is 48.1 Å². The quantitative estimate of drug-likeness (QED) is 0.766. The summed E-state index contributed by atoms with van der Waals surface area (Å²) < 4.78 is 0. The van der Waals surface area contributed by atoms with E-state index in [1.807, 2.05) is 12.1 Å². The highest BCUT2D eigenvalue weighted by Gasteiger charge is 2.26. The lowest BCUT2D eigenvalue weighted by Gasteiger charge is -2.28. The molecule has 0 bridgehead atoms. The van der Waals surface area contributed by atoms with E-state index in [9.17, 15) is 9.90 Å². The van der Waals surface area contributed by atoms with Crippen molar-refractivity contribution in [2.45, 2.75) is 65.0 Å². The molecule has 22 heavy (non-hydrogen) atoms. The summed E-state index contributed by atoms with van der Waals surface area (Å²) in [5, 5.41) is 10.7. The Morgan fingerprint density at radius 1 is 1.09 bits per heavy atom. The van der Waals surface area contributed by atoms with Crippen LogP contribution in [0.5, 0.6) is 5.75 Å². The molecule has 0 amide bonds. The summed E-state index contributed by atoms with van der Waals surface area (Å²) in [4.78, 5) is 11.8. The van der Waals surface area contributed by atoms with Gasteiger partial charge in [0.25, 0.3) is 0 Å². The summed E-state index contributed by atoms with van der Waals surface area (Å²) in [5.74, 6) is 0.970. The Bertz CT molecular complexity index is 551. The lowest BCUT2D eigenvalue weighted by molar-refractivity contribution is -0.107. The number of benzene rings is 1. The minimum absolute atomic E-state index is 0.0164. The lowest BCUT2D eigenvalue weighted by Crippen LogP contribution is -2.17. The molecule has 0 radical (unpaired) electrons. The fraction of sp³-hybridized carbons (Fsp3) is 0.526. The number of phenols is 1. The van der Waals surface area contributed by atoms with Crippen LogP contribution in [0.2, 0.25) is 0 Å². The Labute approximate surface area is 139 Å². The van der Waals surface area contributed by atoms with E-state index >= 15 is 0 Å². The molecule has 122 valence electrons. The second-order valence-corrected chi connectivity index (χ2v) is 8.84. The largest absolute Gasteiger partial charge is 0.507 e. The maximum absolute atomic E-state index is 11.8. The number of aromatic hydroxyl groups is 1. The molecule has 3 heteroatoms. The summed E-state index contributed by atoms with van der Waals surface area (Å²) in [6.45, 7) is 17.9. The molecule has 2 nitrogen and oxygen atoms in total. The van der Waals surface area contributed by atoms with Crippen molar-refractivity contribution in [2.24, 2.45) is 0 Å². The van der Waals surface area contributed by atoms with Gasteiger partial charge in [0.05, 0.1) is 0 Å². The van der Waals surface area contributed by atoms with Crippen molar-refractivity contribution in [2.75, 3.05) is 0 Å². The van der Waals surface area contributed by atoms with Gasteiger partial charge in [-0.15, -0.1) is 0 Å². The van der Waals surface area contributed by atoms with Crippen molar-refractivity contribution in [3.63, 3.8) is 0 Å². The Morgan fingerprint density at radius 2 is 1.50 bits per heavy atom. The number of carbonyl (C=O) groups excluding carboxylic acids is 1. The van der Waals surface area contributed by atoms with Crippen molar-refractivity contribution >= 4 is 16.9 Å². The molecule has 1 rings (SSSR count). The fourth-order valence-corrected chi connectivity index (χ4v) is 2.90. The van der Waals surface area contributed by atoms with Gasteiger partial charge < -0.3 is 5.11 Å². The van der Waals surface area contributed by atoms with Crippen LogP contribution >= 0.6 is 11.8 Å². The van der Waals surface area contributed by atoms with E-state index < -0.39 is 0 Å². The normalized spacial score (nSPS) is 12.3. The van der Waals surface area contributed by atoms with E-state index in [4.69, 9.17) is 0 Å². The topological polar surface area (TPSA) is 37.3 Å². The Hall–Kier alpha value is -1.22. The summed E-state index contributed by atoms with van der Waals surface area (Å²) in [6, 6.07) is 4.03. The monoisotopic (exact) mass is 320 g/mol. The minimum atomic E-state index is -0.150. The van der Waals surface area contributed by atoms with Crippen LogP contribution in [-0.2, 0) is 21.4 Å². The molecular formula is C19H28O2S. The van der Waals surface area contributed by atoms with Gasteiger partial charge in [-0.25, -0.2) is 0 Å². The van der Waals surface area contributed by atoms with Gasteiger partial charge in [0.1, 0.15) is 5.75 Å². The summed E-state index contributed by atoms with van der Waals surface area (Å²) in [7, 11) is 0. The fourth-order valence-electron chi connectivity index (χ4n) is 2.19. The zero-order valence-corrected chi connectivity index (χ0v) is 15.6. The van der Waals surface area contributed by atoms with Crippen LogP contribution in [-0.4, -0.2) is 10.2 Å². The van der Waals surface area contributed by atoms with Crippen LogP contribution in [0.3, 0.4) is 0 Å². The van der Waals surface area contributed by atoms with E-state index in [1.165, 1.54) is 11.8 Å². The highest BCUT2D eigenvalue weighted by Crippen LogP contribution is 2.40. The molecule has 0 saturated carbocycles. The number of thioether (sulfide) groups is 1. The van der Waals surface area contributed by atoms with Gasteiger partial charge in [0, 0.05) is 5.75 Å². The summed E-state index contributed by atoms with van der Waals surface area (Å²) in [6.07, 6.45) is 0. The summed E-state index contributed by atoms with van der Waals surface area (Å²) in [5.41, 5.74) is 3.19. The second-order valence-electron chi connectivity index (χ2n) is 7.90. The minimum Gasteiger partial charge on any atom is -0.507 e. The molecule has 0 aliphatic heterocycles. The Balaban J connectivity index is 3.30. The lowest BCUT2D eigenvalue weighted by atomic mass is 9.78. The van der Waals surface area contributed by atoms with Crippen LogP contribution in [0, 0.1) is 0 Å². The first-order valence-electron chi connectivity index (χ1n) is 7.53. The van der Waals surface area contributed by atoms with Crippen LogP contribution in [0.15, 0.2) is 24.3 Å². The maximum Gasteiger partial charge on any atom is 0.214 e. The van der Waals surface area contributed by atoms with Gasteiger partial charge >= 0.3 is 0 Å². The van der Waals surface area contributed by atoms with Gasteiger partial charge in [-0.05, 0) is 40.0 Å². The molecule has 0 heterocycles. The van der Waals surface area contributed by atoms with E-state index in [0.29, 0.717) is 17.1 Å². The molecule has 0 fully saturated rings. The van der Waals surface area contributed by atoms with Crippen molar-refractivity contribution < 1.29 is 9.90 Å². The van der Waals surface area contributed by atoms with E-state index in [1.54, 1.807) is 6.92 Å². The van der Waals surface area contributed by atoms with Gasteiger partial charge in [0.15, 0.2) is 0 Å². The van der Waals surface area contributed by atoms with Gasteiger partial charge in [0.2, 0.25) is 5.12 Å². The molecule has 1 N–H and O–H groups in total. The third kappa shape index (κ3) is 4.64. The molecule has 0 saturated heterocycles. The van der Waals surface area contributed by atoms with Crippen LogP contribution in [0.4, 0.5) is 0 Å².